The highest BCUT2D eigenvalue weighted by molar-refractivity contribution is 7.87. The quantitative estimate of drug-likeness (QED) is 0.372. The Balaban J connectivity index is 2.21. The lowest BCUT2D eigenvalue weighted by Gasteiger charge is -2.37. The van der Waals surface area contributed by atoms with Crippen molar-refractivity contribution in [2.24, 2.45) is 0 Å². The number of hydrogen-bond donors (Lipinski definition) is 0. The molecule has 0 aliphatic carbocycles. The minimum Gasteiger partial charge on any atom is -0.414 e. The first-order valence-electron chi connectivity index (χ1n) is 8.51. The van der Waals surface area contributed by atoms with Crippen molar-refractivity contribution in [2.75, 3.05) is 6.61 Å². The number of fused-ring (bicyclic) bond motifs is 1. The van der Waals surface area contributed by atoms with E-state index in [-0.39, 0.29) is 11.6 Å². The number of ether oxygens (including phenoxy) is 3. The summed E-state index contributed by atoms with van der Waals surface area (Å²) < 4.78 is 88.5. The van der Waals surface area contributed by atoms with Crippen LogP contribution in [0.5, 0.6) is 0 Å². The van der Waals surface area contributed by atoms with E-state index in [2.05, 4.69) is 4.18 Å². The smallest absolute Gasteiger partial charge is 0.414 e. The molecular weight excluding hydrogens is 409 g/mol. The molecule has 2 aliphatic rings. The average molecular weight is 437 g/mol. The Kier molecular flexibility index (Phi) is 5.91. The average Bonchev–Trinajstić information content (AvgIpc) is 2.87. The molecule has 27 heavy (non-hydrogen) atoms. The summed E-state index contributed by atoms with van der Waals surface area (Å²) in [6.07, 6.45) is -4.78. The molecule has 2 heterocycles. The van der Waals surface area contributed by atoms with Crippen LogP contribution in [0.2, 0.25) is 18.1 Å². The van der Waals surface area contributed by atoms with Gasteiger partial charge in [-0.2, -0.15) is 21.6 Å². The van der Waals surface area contributed by atoms with Crippen LogP contribution in [0, 0.1) is 0 Å². The molecule has 0 saturated carbocycles. The van der Waals surface area contributed by atoms with E-state index in [1.807, 2.05) is 33.9 Å². The summed E-state index contributed by atoms with van der Waals surface area (Å²) in [5, 5.41) is -0.148. The fraction of sp³-hybridized carbons (Fsp3) is 1.00. The van der Waals surface area contributed by atoms with E-state index in [1.165, 1.54) is 0 Å². The van der Waals surface area contributed by atoms with Crippen LogP contribution in [0.1, 0.15) is 34.6 Å². The normalized spacial score (nSPS) is 31.9. The Labute approximate surface area is 158 Å². The third-order valence-electron chi connectivity index (χ3n) is 5.02. The second kappa shape index (κ2) is 6.92. The van der Waals surface area contributed by atoms with Gasteiger partial charge in [0.05, 0.1) is 6.61 Å². The van der Waals surface area contributed by atoms with Crippen molar-refractivity contribution < 1.29 is 44.4 Å². The lowest BCUT2D eigenvalue weighted by Crippen LogP contribution is -2.47. The maximum absolute atomic E-state index is 12.8. The van der Waals surface area contributed by atoms with Gasteiger partial charge in [-0.3, -0.25) is 4.18 Å². The standard InChI is InChI=1S/C15H27F3O7SSi/c1-13(2,3)27(6,7)21-8-9-10(25-26(19,20)15(16,17)18)11-12(22-9)24-14(4,5)23-11/h9-12H,8H2,1-7H3/t9-,10-,11-,12-/m1/s1. The van der Waals surface area contributed by atoms with Crippen LogP contribution in [0.4, 0.5) is 13.2 Å². The van der Waals surface area contributed by atoms with Crippen molar-refractivity contribution in [1.29, 1.82) is 0 Å². The van der Waals surface area contributed by atoms with Gasteiger partial charge in [-0.1, -0.05) is 20.8 Å². The van der Waals surface area contributed by atoms with Crippen molar-refractivity contribution in [3.63, 3.8) is 0 Å². The van der Waals surface area contributed by atoms with Crippen LogP contribution in [-0.4, -0.2) is 59.2 Å². The van der Waals surface area contributed by atoms with Crippen molar-refractivity contribution in [2.45, 2.75) is 88.6 Å². The second-order valence-electron chi connectivity index (χ2n) is 8.68. The number of alkyl halides is 3. The fourth-order valence-corrected chi connectivity index (χ4v) is 4.15. The molecule has 0 spiro atoms. The number of hydrogen-bond acceptors (Lipinski definition) is 7. The zero-order valence-corrected chi connectivity index (χ0v) is 18.2. The van der Waals surface area contributed by atoms with Crippen LogP contribution in [0.15, 0.2) is 0 Å². The molecule has 0 unspecified atom stereocenters. The van der Waals surface area contributed by atoms with Gasteiger partial charge < -0.3 is 18.6 Å². The summed E-state index contributed by atoms with van der Waals surface area (Å²) >= 11 is 0. The highest BCUT2D eigenvalue weighted by Gasteiger charge is 2.60. The van der Waals surface area contributed by atoms with E-state index in [1.54, 1.807) is 13.8 Å². The molecule has 0 aromatic rings. The van der Waals surface area contributed by atoms with Crippen molar-refractivity contribution >= 4 is 18.4 Å². The van der Waals surface area contributed by atoms with Crippen LogP contribution in [0.3, 0.4) is 0 Å². The lowest BCUT2D eigenvalue weighted by atomic mass is 10.1. The summed E-state index contributed by atoms with van der Waals surface area (Å²) in [6.45, 7) is 12.9. The zero-order chi connectivity index (χ0) is 21.1. The minimum atomic E-state index is -5.83. The first kappa shape index (κ1) is 23.0. The SMILES string of the molecule is CC1(C)O[C@H]2O[C@H](CO[Si](C)(C)C(C)(C)C)[C@@H](OS(=O)(=O)C(F)(F)F)[C@H]2O1. The molecule has 2 fully saturated rings. The highest BCUT2D eigenvalue weighted by Crippen LogP contribution is 2.42. The van der Waals surface area contributed by atoms with Crippen LogP contribution in [0.25, 0.3) is 0 Å². The maximum Gasteiger partial charge on any atom is 0.523 e. The molecule has 2 rings (SSSR count). The number of halogens is 3. The van der Waals surface area contributed by atoms with Gasteiger partial charge in [0, 0.05) is 0 Å². The topological polar surface area (TPSA) is 80.3 Å². The van der Waals surface area contributed by atoms with Gasteiger partial charge in [0.25, 0.3) is 0 Å². The molecule has 2 aliphatic heterocycles. The molecule has 0 N–H and O–H groups in total. The van der Waals surface area contributed by atoms with Crippen LogP contribution < -0.4 is 0 Å². The molecule has 0 radical (unpaired) electrons. The van der Waals surface area contributed by atoms with Gasteiger partial charge in [0.2, 0.25) is 0 Å². The Morgan fingerprint density at radius 2 is 1.67 bits per heavy atom. The van der Waals surface area contributed by atoms with E-state index in [0.29, 0.717) is 0 Å². The molecule has 7 nitrogen and oxygen atoms in total. The number of rotatable bonds is 5. The third kappa shape index (κ3) is 4.85. The van der Waals surface area contributed by atoms with Crippen molar-refractivity contribution in [3.05, 3.63) is 0 Å². The highest BCUT2D eigenvalue weighted by atomic mass is 32.2. The summed E-state index contributed by atoms with van der Waals surface area (Å²) in [5.41, 5.74) is -5.55. The van der Waals surface area contributed by atoms with Gasteiger partial charge in [0.15, 0.2) is 20.4 Å². The summed E-state index contributed by atoms with van der Waals surface area (Å²) in [5.74, 6) is -1.13. The molecule has 0 aromatic carbocycles. The van der Waals surface area contributed by atoms with Gasteiger partial charge in [-0.05, 0) is 32.0 Å². The minimum absolute atomic E-state index is 0.130. The largest absolute Gasteiger partial charge is 0.523 e. The Hall–Kier alpha value is -0.243. The first-order chi connectivity index (χ1) is 11.9. The molecule has 160 valence electrons. The van der Waals surface area contributed by atoms with E-state index in [0.717, 1.165) is 0 Å². The van der Waals surface area contributed by atoms with Gasteiger partial charge in [0.1, 0.15) is 18.3 Å². The predicted octanol–water partition coefficient (Wildman–Crippen LogP) is 3.12. The molecule has 12 heteroatoms. The zero-order valence-electron chi connectivity index (χ0n) is 16.4. The van der Waals surface area contributed by atoms with Gasteiger partial charge in [-0.25, -0.2) is 0 Å². The summed E-state index contributed by atoms with van der Waals surface area (Å²) in [4.78, 5) is 0. The molecule has 0 amide bonds. The second-order valence-corrected chi connectivity index (χ2v) is 15.0. The molecule has 0 aromatic heterocycles. The van der Waals surface area contributed by atoms with Crippen LogP contribution >= 0.6 is 0 Å². The summed E-state index contributed by atoms with van der Waals surface area (Å²) in [7, 11) is -8.08. The Bertz CT molecular complexity index is 657. The molecule has 2 saturated heterocycles. The Morgan fingerprint density at radius 1 is 1.11 bits per heavy atom. The van der Waals surface area contributed by atoms with Gasteiger partial charge >= 0.3 is 15.6 Å². The van der Waals surface area contributed by atoms with Crippen LogP contribution in [-0.2, 0) is 32.9 Å². The molecule has 0 bridgehead atoms. The van der Waals surface area contributed by atoms with E-state index >= 15 is 0 Å². The summed E-state index contributed by atoms with van der Waals surface area (Å²) in [6, 6.07) is 0. The monoisotopic (exact) mass is 436 g/mol. The first-order valence-corrected chi connectivity index (χ1v) is 12.8. The van der Waals surface area contributed by atoms with Gasteiger partial charge in [-0.15, -0.1) is 0 Å². The van der Waals surface area contributed by atoms with E-state index in [4.69, 9.17) is 18.6 Å². The maximum atomic E-state index is 12.8. The van der Waals surface area contributed by atoms with E-state index in [9.17, 15) is 21.6 Å². The molecule has 4 atom stereocenters. The Morgan fingerprint density at radius 3 is 2.15 bits per heavy atom. The van der Waals surface area contributed by atoms with E-state index < -0.39 is 54.3 Å². The third-order valence-corrected chi connectivity index (χ3v) is 10.6. The van der Waals surface area contributed by atoms with Crippen molar-refractivity contribution in [3.8, 4) is 0 Å². The fourth-order valence-electron chi connectivity index (χ4n) is 2.50. The van der Waals surface area contributed by atoms with Crippen molar-refractivity contribution in [1.82, 2.24) is 0 Å². The molecular formula is C15H27F3O7SSi. The predicted molar refractivity (Wildman–Crippen MR) is 91.7 cm³/mol. The lowest BCUT2D eigenvalue weighted by molar-refractivity contribution is -0.216.